The highest BCUT2D eigenvalue weighted by atomic mass is 19.1. The molecule has 4 heterocycles. The summed E-state index contributed by atoms with van der Waals surface area (Å²) < 4.78 is 14.4. The molecule has 1 aliphatic carbocycles. The average Bonchev–Trinajstić information content (AvgIpc) is 3.38. The second kappa shape index (κ2) is 7.88. The number of pyridine rings is 1. The molecule has 1 fully saturated rings. The van der Waals surface area contributed by atoms with E-state index in [-0.39, 0.29) is 34.7 Å². The van der Waals surface area contributed by atoms with E-state index >= 15 is 0 Å². The van der Waals surface area contributed by atoms with Gasteiger partial charge in [-0.2, -0.15) is 0 Å². The number of carbonyl (C=O) groups excluding carboxylic acids is 1. The minimum atomic E-state index is -0.315. The number of amides is 1. The maximum absolute atomic E-state index is 14.4. The molecule has 1 unspecified atom stereocenters. The molecule has 1 spiro atoms. The fraction of sp³-hybridized carbons (Fsp3) is 0.360. The standard InChI is InChI=1S/C25H27FN8O/c26-15-3-1-2-14-12-25(22(28)20(14)15)7-10-33(11-8-25)19-13-30-21(23(29)32-19)24(35)34-9-6-16-17(34)4-5-18(27)31-16/h1-5,13,22H,6-12,28H2,(H2,27,31)(H2,29,32). The first-order valence-corrected chi connectivity index (χ1v) is 11.8. The van der Waals surface area contributed by atoms with Crippen LogP contribution in [0.3, 0.4) is 0 Å². The van der Waals surface area contributed by atoms with E-state index in [4.69, 9.17) is 17.2 Å². The van der Waals surface area contributed by atoms with Gasteiger partial charge in [0.1, 0.15) is 17.5 Å². The van der Waals surface area contributed by atoms with Crippen molar-refractivity contribution >= 4 is 29.0 Å². The summed E-state index contributed by atoms with van der Waals surface area (Å²) >= 11 is 0. The zero-order valence-electron chi connectivity index (χ0n) is 19.2. The molecule has 0 bridgehead atoms. The molecule has 6 N–H and O–H groups in total. The van der Waals surface area contributed by atoms with Crippen LogP contribution in [-0.4, -0.2) is 40.5 Å². The molecule has 9 nitrogen and oxygen atoms in total. The predicted octanol–water partition coefficient (Wildman–Crippen LogP) is 2.22. The van der Waals surface area contributed by atoms with Crippen LogP contribution >= 0.6 is 0 Å². The average molecular weight is 475 g/mol. The Balaban J connectivity index is 1.17. The number of fused-ring (bicyclic) bond motifs is 2. The van der Waals surface area contributed by atoms with Crippen molar-refractivity contribution in [2.24, 2.45) is 11.1 Å². The molecule has 180 valence electrons. The van der Waals surface area contributed by atoms with Gasteiger partial charge in [-0.05, 0) is 48.4 Å². The first-order valence-electron chi connectivity index (χ1n) is 11.8. The van der Waals surface area contributed by atoms with Crippen molar-refractivity contribution in [2.75, 3.05) is 40.9 Å². The highest BCUT2D eigenvalue weighted by Gasteiger charge is 2.47. The van der Waals surface area contributed by atoms with Crippen LogP contribution in [0.25, 0.3) is 0 Å². The first kappa shape index (κ1) is 21.7. The summed E-state index contributed by atoms with van der Waals surface area (Å²) in [6.45, 7) is 1.90. The van der Waals surface area contributed by atoms with E-state index in [0.29, 0.717) is 43.3 Å². The van der Waals surface area contributed by atoms with Gasteiger partial charge in [-0.15, -0.1) is 0 Å². The summed E-state index contributed by atoms with van der Waals surface area (Å²) in [6, 6.07) is 8.37. The fourth-order valence-electron chi connectivity index (χ4n) is 5.88. The number of piperidine rings is 1. The van der Waals surface area contributed by atoms with E-state index in [9.17, 15) is 9.18 Å². The molecule has 10 heteroatoms. The van der Waals surface area contributed by atoms with E-state index in [0.717, 1.165) is 36.2 Å². The Kier molecular flexibility index (Phi) is 4.89. The minimum Gasteiger partial charge on any atom is -0.384 e. The molecule has 35 heavy (non-hydrogen) atoms. The molecule has 0 saturated carbocycles. The van der Waals surface area contributed by atoms with Crippen LogP contribution in [0.4, 0.5) is 27.5 Å². The number of nitrogen functional groups attached to an aromatic ring is 2. The summed E-state index contributed by atoms with van der Waals surface area (Å²) in [5.74, 6) is 0.629. The lowest BCUT2D eigenvalue weighted by Crippen LogP contribution is -2.44. The highest BCUT2D eigenvalue weighted by Crippen LogP contribution is 2.51. The molecule has 6 rings (SSSR count). The number of aromatic nitrogens is 3. The molecule has 0 radical (unpaired) electrons. The normalized spacial score (nSPS) is 20.2. The van der Waals surface area contributed by atoms with Crippen molar-refractivity contribution in [1.82, 2.24) is 15.0 Å². The topological polar surface area (TPSA) is 140 Å². The lowest BCUT2D eigenvalue weighted by Gasteiger charge is -2.42. The summed E-state index contributed by atoms with van der Waals surface area (Å²) in [5, 5.41) is 0. The van der Waals surface area contributed by atoms with Gasteiger partial charge in [0, 0.05) is 37.7 Å². The molecule has 2 aliphatic heterocycles. The molecular weight excluding hydrogens is 447 g/mol. The number of hydrogen-bond acceptors (Lipinski definition) is 8. The number of nitrogens with two attached hydrogens (primary N) is 3. The Morgan fingerprint density at radius 3 is 2.63 bits per heavy atom. The number of carbonyl (C=O) groups is 1. The van der Waals surface area contributed by atoms with Crippen LogP contribution in [0.5, 0.6) is 0 Å². The largest absolute Gasteiger partial charge is 0.384 e. The third kappa shape index (κ3) is 3.39. The van der Waals surface area contributed by atoms with E-state index in [2.05, 4.69) is 19.9 Å². The van der Waals surface area contributed by atoms with Gasteiger partial charge in [-0.3, -0.25) is 4.79 Å². The maximum Gasteiger partial charge on any atom is 0.280 e. The number of benzene rings is 1. The van der Waals surface area contributed by atoms with Gasteiger partial charge in [-0.1, -0.05) is 12.1 Å². The van der Waals surface area contributed by atoms with Gasteiger partial charge in [0.05, 0.1) is 17.6 Å². The number of halogens is 1. The van der Waals surface area contributed by atoms with Crippen molar-refractivity contribution < 1.29 is 9.18 Å². The number of hydrogen-bond donors (Lipinski definition) is 3. The van der Waals surface area contributed by atoms with E-state index in [1.165, 1.54) is 6.07 Å². The Hall–Kier alpha value is -3.79. The maximum atomic E-state index is 14.4. The van der Waals surface area contributed by atoms with Crippen molar-refractivity contribution in [3.8, 4) is 0 Å². The molecule has 1 aromatic carbocycles. The molecule has 1 saturated heterocycles. The SMILES string of the molecule is Nc1ccc2c(n1)CCN2C(=O)c1ncc(N2CCC3(CC2)Cc2cccc(F)c2C3N)nc1N. The lowest BCUT2D eigenvalue weighted by molar-refractivity contribution is 0.0985. The molecule has 1 atom stereocenters. The summed E-state index contributed by atoms with van der Waals surface area (Å²) in [7, 11) is 0. The Morgan fingerprint density at radius 2 is 1.89 bits per heavy atom. The Labute approximate surface area is 202 Å². The summed E-state index contributed by atoms with van der Waals surface area (Å²) in [4.78, 5) is 30.1. The van der Waals surface area contributed by atoms with E-state index < -0.39 is 0 Å². The van der Waals surface area contributed by atoms with Crippen molar-refractivity contribution in [3.05, 3.63) is 64.9 Å². The van der Waals surface area contributed by atoms with E-state index in [1.807, 2.05) is 6.07 Å². The van der Waals surface area contributed by atoms with E-state index in [1.54, 1.807) is 29.3 Å². The zero-order chi connectivity index (χ0) is 24.3. The summed E-state index contributed by atoms with van der Waals surface area (Å²) in [6.07, 6.45) is 4.64. The third-order valence-electron chi connectivity index (χ3n) is 7.81. The summed E-state index contributed by atoms with van der Waals surface area (Å²) in [5.41, 5.74) is 21.7. The number of rotatable bonds is 2. The fourth-order valence-corrected chi connectivity index (χ4v) is 5.88. The first-order chi connectivity index (χ1) is 16.9. The van der Waals surface area contributed by atoms with Crippen LogP contribution in [-0.2, 0) is 12.8 Å². The zero-order valence-corrected chi connectivity index (χ0v) is 19.2. The van der Waals surface area contributed by atoms with Crippen LogP contribution in [0, 0.1) is 11.2 Å². The van der Waals surface area contributed by atoms with Gasteiger partial charge in [0.15, 0.2) is 11.5 Å². The van der Waals surface area contributed by atoms with Gasteiger partial charge in [-0.25, -0.2) is 19.3 Å². The molecule has 3 aliphatic rings. The smallest absolute Gasteiger partial charge is 0.280 e. The number of nitrogens with zero attached hydrogens (tertiary/aromatic N) is 5. The van der Waals surface area contributed by atoms with Gasteiger partial charge < -0.3 is 27.0 Å². The third-order valence-corrected chi connectivity index (χ3v) is 7.81. The molecule has 3 aromatic rings. The Morgan fingerprint density at radius 1 is 1.09 bits per heavy atom. The minimum absolute atomic E-state index is 0.0942. The predicted molar refractivity (Wildman–Crippen MR) is 131 cm³/mol. The van der Waals surface area contributed by atoms with Crippen LogP contribution in [0.1, 0.15) is 46.2 Å². The second-order valence-electron chi connectivity index (χ2n) is 9.69. The second-order valence-corrected chi connectivity index (χ2v) is 9.69. The number of anilines is 4. The lowest BCUT2D eigenvalue weighted by atomic mass is 9.73. The highest BCUT2D eigenvalue weighted by molar-refractivity contribution is 6.08. The van der Waals surface area contributed by atoms with Gasteiger partial charge in [0.2, 0.25) is 0 Å². The van der Waals surface area contributed by atoms with Crippen LogP contribution < -0.4 is 27.0 Å². The quantitative estimate of drug-likeness (QED) is 0.514. The van der Waals surface area contributed by atoms with Crippen molar-refractivity contribution in [1.29, 1.82) is 0 Å². The Bertz CT molecular complexity index is 1340. The van der Waals surface area contributed by atoms with Crippen molar-refractivity contribution in [3.63, 3.8) is 0 Å². The van der Waals surface area contributed by atoms with Crippen LogP contribution in [0.15, 0.2) is 36.5 Å². The molecule has 2 aromatic heterocycles. The molecular formula is C25H27FN8O. The molecule has 1 amide bonds. The van der Waals surface area contributed by atoms with Gasteiger partial charge >= 0.3 is 0 Å². The van der Waals surface area contributed by atoms with Crippen LogP contribution in [0.2, 0.25) is 0 Å². The van der Waals surface area contributed by atoms with Crippen molar-refractivity contribution in [2.45, 2.75) is 31.7 Å². The van der Waals surface area contributed by atoms with Gasteiger partial charge in [0.25, 0.3) is 5.91 Å². The monoisotopic (exact) mass is 474 g/mol.